The molecule has 1 aliphatic rings. The maximum absolute atomic E-state index is 13.0. The van der Waals surface area contributed by atoms with Gasteiger partial charge in [0.25, 0.3) is 0 Å². The van der Waals surface area contributed by atoms with E-state index in [9.17, 15) is 19.2 Å². The van der Waals surface area contributed by atoms with E-state index in [1.807, 2.05) is 62.4 Å². The second-order valence-corrected chi connectivity index (χ2v) is 9.62. The van der Waals surface area contributed by atoms with Crippen molar-refractivity contribution in [3.05, 3.63) is 136 Å². The molecule has 6 nitrogen and oxygen atoms in total. The molecule has 0 bridgehead atoms. The summed E-state index contributed by atoms with van der Waals surface area (Å²) in [5.74, 6) is -0.688. The van der Waals surface area contributed by atoms with E-state index < -0.39 is 12.0 Å². The summed E-state index contributed by atoms with van der Waals surface area (Å²) in [5, 5.41) is 0. The minimum Gasteiger partial charge on any atom is -0.467 e. The fraction of sp³-hybridized carbons (Fsp3) is 0.176. The molecular formula is C34H31NO5. The average Bonchev–Trinajstić information content (AvgIpc) is 2.98. The summed E-state index contributed by atoms with van der Waals surface area (Å²) in [6.45, 7) is 5.57. The van der Waals surface area contributed by atoms with Crippen molar-refractivity contribution >= 4 is 29.1 Å². The Morgan fingerprint density at radius 3 is 1.52 bits per heavy atom. The summed E-state index contributed by atoms with van der Waals surface area (Å²) < 4.78 is 4.86. The monoisotopic (exact) mass is 533 g/mol. The van der Waals surface area contributed by atoms with Crippen molar-refractivity contribution < 1.29 is 23.9 Å². The molecule has 0 saturated heterocycles. The number of para-hydroxylation sites is 1. The van der Waals surface area contributed by atoms with Crippen LogP contribution in [0.4, 0.5) is 5.69 Å². The molecule has 0 saturated carbocycles. The molecule has 5 rings (SSSR count). The van der Waals surface area contributed by atoms with E-state index in [2.05, 4.69) is 0 Å². The molecule has 4 aromatic rings. The summed E-state index contributed by atoms with van der Waals surface area (Å²) >= 11 is 0. The van der Waals surface area contributed by atoms with Gasteiger partial charge in [0.2, 0.25) is 5.91 Å². The minimum atomic E-state index is -0.689. The van der Waals surface area contributed by atoms with Gasteiger partial charge in [0.1, 0.15) is 6.04 Å². The molecule has 0 heterocycles. The van der Waals surface area contributed by atoms with E-state index >= 15 is 0 Å². The Hall–Kier alpha value is -4.84. The Labute approximate surface area is 234 Å². The van der Waals surface area contributed by atoms with Crippen molar-refractivity contribution in [2.24, 2.45) is 0 Å². The second kappa shape index (κ2) is 12.3. The molecule has 1 unspecified atom stereocenters. The zero-order chi connectivity index (χ0) is 28.8. The third kappa shape index (κ3) is 5.76. The van der Waals surface area contributed by atoms with Crippen molar-refractivity contribution in [1.29, 1.82) is 0 Å². The Bertz CT molecular complexity index is 1450. The number of nitrogens with zero attached hydrogens (tertiary/aromatic N) is 1. The highest BCUT2D eigenvalue weighted by molar-refractivity contribution is 6.28. The topological polar surface area (TPSA) is 80.8 Å². The van der Waals surface area contributed by atoms with Crippen LogP contribution in [0.15, 0.2) is 97.1 Å². The van der Waals surface area contributed by atoms with Gasteiger partial charge in [-0.3, -0.25) is 19.3 Å². The second-order valence-electron chi connectivity index (χ2n) is 9.62. The van der Waals surface area contributed by atoms with Crippen LogP contribution in [0, 0.1) is 13.8 Å². The molecule has 0 N–H and O–H groups in total. The van der Waals surface area contributed by atoms with Crippen LogP contribution in [0.25, 0.3) is 0 Å². The smallest absolute Gasteiger partial charge is 0.328 e. The Morgan fingerprint density at radius 2 is 1.10 bits per heavy atom. The first-order chi connectivity index (χ1) is 19.2. The van der Waals surface area contributed by atoms with Gasteiger partial charge in [0.15, 0.2) is 11.6 Å². The summed E-state index contributed by atoms with van der Waals surface area (Å²) in [6, 6.07) is 28.6. The van der Waals surface area contributed by atoms with Crippen LogP contribution < -0.4 is 4.90 Å². The zero-order valence-electron chi connectivity index (χ0n) is 23.0. The van der Waals surface area contributed by atoms with Crippen molar-refractivity contribution in [3.8, 4) is 0 Å². The van der Waals surface area contributed by atoms with Gasteiger partial charge in [-0.2, -0.15) is 0 Å². The molecule has 0 radical (unpaired) electrons. The Morgan fingerprint density at radius 1 is 0.675 bits per heavy atom. The van der Waals surface area contributed by atoms with Crippen molar-refractivity contribution in [2.75, 3.05) is 12.0 Å². The number of anilines is 1. The number of aryl methyl sites for hydroxylation is 2. The van der Waals surface area contributed by atoms with E-state index in [1.165, 1.54) is 7.11 Å². The van der Waals surface area contributed by atoms with Gasteiger partial charge >= 0.3 is 5.97 Å². The lowest BCUT2D eigenvalue weighted by molar-refractivity contribution is -0.143. The molecule has 40 heavy (non-hydrogen) atoms. The zero-order valence-corrected chi connectivity index (χ0v) is 23.0. The Kier molecular flexibility index (Phi) is 8.70. The number of benzene rings is 4. The number of methoxy groups -OCH3 is 1. The summed E-state index contributed by atoms with van der Waals surface area (Å²) in [6.07, 6.45) is 0.232. The van der Waals surface area contributed by atoms with Gasteiger partial charge in [-0.1, -0.05) is 97.1 Å². The summed E-state index contributed by atoms with van der Waals surface area (Å²) in [4.78, 5) is 50.8. The predicted octanol–water partition coefficient (Wildman–Crippen LogP) is 5.90. The maximum atomic E-state index is 13.0. The van der Waals surface area contributed by atoms with Crippen molar-refractivity contribution in [3.63, 3.8) is 0 Å². The number of esters is 1. The van der Waals surface area contributed by atoms with Crippen molar-refractivity contribution in [2.45, 2.75) is 33.2 Å². The first-order valence-corrected chi connectivity index (χ1v) is 13.0. The molecule has 4 aromatic carbocycles. The molecule has 0 aromatic heterocycles. The van der Waals surface area contributed by atoms with Crippen LogP contribution in [0.5, 0.6) is 0 Å². The average molecular weight is 534 g/mol. The number of carbonyl (C=O) groups excluding carboxylic acids is 4. The number of carbonyl (C=O) groups is 4. The van der Waals surface area contributed by atoms with E-state index in [1.54, 1.807) is 60.4 Å². The Balaban J connectivity index is 0.000000199. The normalized spacial score (nSPS) is 12.3. The predicted molar refractivity (Wildman–Crippen MR) is 155 cm³/mol. The molecule has 6 heteroatoms. The maximum Gasteiger partial charge on any atom is 0.328 e. The first kappa shape index (κ1) is 28.2. The number of hydrogen-bond acceptors (Lipinski definition) is 5. The van der Waals surface area contributed by atoms with Crippen LogP contribution in [-0.4, -0.2) is 36.6 Å². The highest BCUT2D eigenvalue weighted by Crippen LogP contribution is 2.28. The first-order valence-electron chi connectivity index (χ1n) is 13.0. The van der Waals surface area contributed by atoms with Crippen LogP contribution in [0.2, 0.25) is 0 Å². The fourth-order valence-corrected chi connectivity index (χ4v) is 4.90. The number of fused-ring (bicyclic) bond motifs is 2. The molecular weight excluding hydrogens is 502 g/mol. The van der Waals surface area contributed by atoms with Gasteiger partial charge in [-0.05, 0) is 37.5 Å². The minimum absolute atomic E-state index is 0.0641. The highest BCUT2D eigenvalue weighted by Gasteiger charge is 2.30. The molecule has 0 fully saturated rings. The number of ether oxygens (including phenoxy) is 1. The SMILES string of the molecule is COC(=O)C(C)N(C(=O)Cc1ccccc1)c1c(C)cccc1C.O=C1c2ccccc2C(=O)c2ccccc21. The van der Waals surface area contributed by atoms with Crippen LogP contribution >= 0.6 is 0 Å². The lowest BCUT2D eigenvalue weighted by Gasteiger charge is -2.30. The molecule has 1 aliphatic carbocycles. The van der Waals surface area contributed by atoms with Gasteiger partial charge in [-0.25, -0.2) is 4.79 Å². The van der Waals surface area contributed by atoms with E-state index in [0.717, 1.165) is 22.4 Å². The standard InChI is InChI=1S/C20H23NO3.C14H8O2/c1-14-9-8-10-15(2)19(14)21(16(3)20(23)24-4)18(22)13-17-11-6-5-7-12-17;15-13-9-5-1-2-6-10(9)14(16)12-8-4-3-7-11(12)13/h5-12,16H,13H2,1-4H3;1-8H. The quantitative estimate of drug-likeness (QED) is 0.263. The van der Waals surface area contributed by atoms with E-state index in [-0.39, 0.29) is 23.9 Å². The van der Waals surface area contributed by atoms with Crippen LogP contribution in [-0.2, 0) is 20.7 Å². The third-order valence-electron chi connectivity index (χ3n) is 6.91. The van der Waals surface area contributed by atoms with Crippen molar-refractivity contribution in [1.82, 2.24) is 0 Å². The molecule has 202 valence electrons. The lowest BCUT2D eigenvalue weighted by atomic mass is 9.84. The molecule has 0 spiro atoms. The van der Waals surface area contributed by atoms with Gasteiger partial charge in [0, 0.05) is 22.3 Å². The largest absolute Gasteiger partial charge is 0.467 e. The van der Waals surface area contributed by atoms with Crippen LogP contribution in [0.1, 0.15) is 55.5 Å². The van der Waals surface area contributed by atoms with Gasteiger partial charge in [0.05, 0.1) is 19.2 Å². The lowest BCUT2D eigenvalue weighted by Crippen LogP contribution is -2.45. The van der Waals surface area contributed by atoms with E-state index in [0.29, 0.717) is 22.3 Å². The van der Waals surface area contributed by atoms with E-state index in [4.69, 9.17) is 4.74 Å². The number of ketones is 2. The summed E-state index contributed by atoms with van der Waals surface area (Å²) in [7, 11) is 1.34. The summed E-state index contributed by atoms with van der Waals surface area (Å²) in [5.41, 5.74) is 5.61. The number of hydrogen-bond donors (Lipinski definition) is 0. The van der Waals surface area contributed by atoms with Gasteiger partial charge in [-0.15, -0.1) is 0 Å². The number of amides is 1. The molecule has 0 aliphatic heterocycles. The molecule has 1 amide bonds. The van der Waals surface area contributed by atoms with Gasteiger partial charge < -0.3 is 4.74 Å². The number of rotatable bonds is 5. The fourth-order valence-electron chi connectivity index (χ4n) is 4.90. The van der Waals surface area contributed by atoms with Crippen LogP contribution in [0.3, 0.4) is 0 Å². The highest BCUT2D eigenvalue weighted by atomic mass is 16.5. The molecule has 1 atom stereocenters. The third-order valence-corrected chi connectivity index (χ3v) is 6.91.